The van der Waals surface area contributed by atoms with Crippen molar-refractivity contribution in [2.45, 2.75) is 45.7 Å². The molecule has 7 heteroatoms. The van der Waals surface area contributed by atoms with Gasteiger partial charge in [0.2, 0.25) is 5.91 Å². The first-order chi connectivity index (χ1) is 12.4. The zero-order chi connectivity index (χ0) is 18.8. The van der Waals surface area contributed by atoms with Gasteiger partial charge in [0, 0.05) is 17.9 Å². The van der Waals surface area contributed by atoms with Crippen molar-refractivity contribution in [2.75, 3.05) is 5.32 Å². The Morgan fingerprint density at radius 1 is 1.27 bits per heavy atom. The van der Waals surface area contributed by atoms with Crippen LogP contribution in [0.2, 0.25) is 0 Å². The smallest absolute Gasteiger partial charge is 0.325 e. The summed E-state index contributed by atoms with van der Waals surface area (Å²) in [5.41, 5.74) is 0.936. The summed E-state index contributed by atoms with van der Waals surface area (Å²) < 4.78 is 2.26. The number of rotatable bonds is 4. The minimum atomic E-state index is -0.698. The summed E-state index contributed by atoms with van der Waals surface area (Å²) in [6.07, 6.45) is 1.24. The van der Waals surface area contributed by atoms with E-state index in [1.165, 1.54) is 4.57 Å². The van der Waals surface area contributed by atoms with Gasteiger partial charge in [-0.15, -0.1) is 0 Å². The summed E-state index contributed by atoms with van der Waals surface area (Å²) in [4.78, 5) is 37.2. The number of hydrogen-bond acceptors (Lipinski definition) is 4. The van der Waals surface area contributed by atoms with Crippen molar-refractivity contribution in [3.63, 3.8) is 0 Å². The number of anilines is 1. The Morgan fingerprint density at radius 3 is 2.58 bits per heavy atom. The van der Waals surface area contributed by atoms with Crippen molar-refractivity contribution in [1.29, 1.82) is 5.26 Å². The van der Waals surface area contributed by atoms with Crippen LogP contribution in [-0.2, 0) is 24.3 Å². The lowest BCUT2D eigenvalue weighted by Crippen LogP contribution is -2.44. The lowest BCUT2D eigenvalue weighted by Gasteiger charge is -2.12. The molecule has 1 aromatic carbocycles. The van der Waals surface area contributed by atoms with E-state index >= 15 is 0 Å². The Labute approximate surface area is 150 Å². The molecule has 0 saturated carbocycles. The van der Waals surface area contributed by atoms with Crippen LogP contribution in [0.5, 0.6) is 0 Å². The summed E-state index contributed by atoms with van der Waals surface area (Å²) in [6, 6.07) is 9.29. The highest BCUT2D eigenvalue weighted by Crippen LogP contribution is 2.17. The maximum atomic E-state index is 12.5. The van der Waals surface area contributed by atoms with Crippen LogP contribution in [-0.4, -0.2) is 15.0 Å². The normalized spacial score (nSPS) is 12.7. The number of benzene rings is 1. The fourth-order valence-corrected chi connectivity index (χ4v) is 3.18. The molecule has 0 saturated heterocycles. The average Bonchev–Trinajstić information content (AvgIpc) is 3.09. The number of aromatic nitrogens is 2. The van der Waals surface area contributed by atoms with Crippen molar-refractivity contribution in [2.24, 2.45) is 0 Å². The maximum Gasteiger partial charge on any atom is 0.331 e. The predicted molar refractivity (Wildman–Crippen MR) is 97.2 cm³/mol. The number of nitriles is 1. The molecule has 0 aliphatic carbocycles. The molecule has 1 aliphatic heterocycles. The highest BCUT2D eigenvalue weighted by molar-refractivity contribution is 5.90. The molecule has 1 aliphatic rings. The van der Waals surface area contributed by atoms with Gasteiger partial charge in [0.25, 0.3) is 5.56 Å². The molecule has 2 aromatic rings. The monoisotopic (exact) mass is 352 g/mol. The first kappa shape index (κ1) is 17.7. The molecule has 1 N–H and O–H groups in total. The molecule has 1 aromatic heterocycles. The second kappa shape index (κ2) is 7.00. The molecule has 0 bridgehead atoms. The van der Waals surface area contributed by atoms with Crippen LogP contribution in [0.25, 0.3) is 0 Å². The second-order valence-corrected chi connectivity index (χ2v) is 6.69. The van der Waals surface area contributed by atoms with Crippen LogP contribution in [0, 0.1) is 11.3 Å². The summed E-state index contributed by atoms with van der Waals surface area (Å²) in [5, 5.41) is 11.9. The van der Waals surface area contributed by atoms with E-state index in [2.05, 4.69) is 19.2 Å². The second-order valence-electron chi connectivity index (χ2n) is 6.69. The van der Waals surface area contributed by atoms with Crippen molar-refractivity contribution >= 4 is 11.6 Å². The molecule has 2 heterocycles. The fraction of sp³-hybridized carbons (Fsp3) is 0.368. The Morgan fingerprint density at radius 2 is 1.96 bits per heavy atom. The van der Waals surface area contributed by atoms with Crippen LogP contribution in [0.15, 0.2) is 33.9 Å². The molecule has 134 valence electrons. The van der Waals surface area contributed by atoms with Crippen molar-refractivity contribution in [3.05, 3.63) is 61.9 Å². The minimum absolute atomic E-state index is 0.0452. The van der Waals surface area contributed by atoms with Gasteiger partial charge in [-0.3, -0.25) is 14.2 Å². The van der Waals surface area contributed by atoms with E-state index in [0.717, 1.165) is 10.1 Å². The lowest BCUT2D eigenvalue weighted by molar-refractivity contribution is -0.116. The van der Waals surface area contributed by atoms with Crippen LogP contribution in [0.3, 0.4) is 0 Å². The molecular formula is C19H20N4O3. The molecule has 0 radical (unpaired) electrons. The quantitative estimate of drug-likeness (QED) is 0.903. The van der Waals surface area contributed by atoms with E-state index in [4.69, 9.17) is 0 Å². The summed E-state index contributed by atoms with van der Waals surface area (Å²) in [6.45, 7) is 4.20. The Hall–Kier alpha value is -3.14. The van der Waals surface area contributed by atoms with Gasteiger partial charge in [-0.25, -0.2) is 9.36 Å². The Balaban J connectivity index is 1.85. The topological polar surface area (TPSA) is 96.9 Å². The minimum Gasteiger partial charge on any atom is -0.325 e. The standard InChI is InChI=1S/C19H20N4O3/c1-12(2)13-5-7-14(8-6-13)21-17(24)11-23-18(25)15(10-20)16-4-3-9-22(16)19(23)26/h5-8,12H,3-4,9,11H2,1-2H3,(H,21,24). The number of carbonyl (C=O) groups is 1. The summed E-state index contributed by atoms with van der Waals surface area (Å²) in [5.74, 6) is -0.0990. The van der Waals surface area contributed by atoms with Gasteiger partial charge in [0.05, 0.1) is 0 Å². The SMILES string of the molecule is CC(C)c1ccc(NC(=O)Cn2c(=O)c(C#N)c3n(c2=O)CCC3)cc1. The van der Waals surface area contributed by atoms with Gasteiger partial charge in [-0.1, -0.05) is 26.0 Å². The predicted octanol–water partition coefficient (Wildman–Crippen LogP) is 1.59. The first-order valence-electron chi connectivity index (χ1n) is 8.58. The van der Waals surface area contributed by atoms with Crippen molar-refractivity contribution in [1.82, 2.24) is 9.13 Å². The number of fused-ring (bicyclic) bond motifs is 1. The Bertz CT molecular complexity index is 1010. The third-order valence-corrected chi connectivity index (χ3v) is 4.61. The largest absolute Gasteiger partial charge is 0.331 e. The number of nitrogens with one attached hydrogen (secondary N) is 1. The Kier molecular flexibility index (Phi) is 4.76. The molecule has 0 atom stereocenters. The lowest BCUT2D eigenvalue weighted by atomic mass is 10.0. The van der Waals surface area contributed by atoms with Gasteiger partial charge in [0.15, 0.2) is 0 Å². The fourth-order valence-electron chi connectivity index (χ4n) is 3.18. The summed E-state index contributed by atoms with van der Waals surface area (Å²) >= 11 is 0. The van der Waals surface area contributed by atoms with E-state index < -0.39 is 23.7 Å². The van der Waals surface area contributed by atoms with E-state index in [1.807, 2.05) is 18.2 Å². The molecule has 26 heavy (non-hydrogen) atoms. The zero-order valence-corrected chi connectivity index (χ0v) is 14.8. The highest BCUT2D eigenvalue weighted by Gasteiger charge is 2.23. The maximum absolute atomic E-state index is 12.5. The first-order valence-corrected chi connectivity index (χ1v) is 8.58. The van der Waals surface area contributed by atoms with Crippen molar-refractivity contribution in [3.8, 4) is 6.07 Å². The van der Waals surface area contributed by atoms with E-state index in [-0.39, 0.29) is 5.56 Å². The molecule has 7 nitrogen and oxygen atoms in total. The molecular weight excluding hydrogens is 332 g/mol. The van der Waals surface area contributed by atoms with Gasteiger partial charge in [-0.2, -0.15) is 5.26 Å². The molecule has 3 rings (SSSR count). The molecule has 1 amide bonds. The average molecular weight is 352 g/mol. The van der Waals surface area contributed by atoms with E-state index in [1.54, 1.807) is 12.1 Å². The third kappa shape index (κ3) is 3.18. The van der Waals surface area contributed by atoms with Crippen LogP contribution >= 0.6 is 0 Å². The number of carbonyl (C=O) groups excluding carboxylic acids is 1. The van der Waals surface area contributed by atoms with Crippen molar-refractivity contribution < 1.29 is 4.79 Å². The zero-order valence-electron chi connectivity index (χ0n) is 14.8. The highest BCUT2D eigenvalue weighted by atomic mass is 16.2. The number of nitrogens with zero attached hydrogens (tertiary/aromatic N) is 3. The summed E-state index contributed by atoms with van der Waals surface area (Å²) in [7, 11) is 0. The van der Waals surface area contributed by atoms with Crippen LogP contribution in [0.4, 0.5) is 5.69 Å². The molecule has 0 fully saturated rings. The molecule has 0 spiro atoms. The van der Waals surface area contributed by atoms with Crippen LogP contribution < -0.4 is 16.6 Å². The third-order valence-electron chi connectivity index (χ3n) is 4.61. The van der Waals surface area contributed by atoms with Gasteiger partial charge < -0.3 is 5.32 Å². The van der Waals surface area contributed by atoms with Gasteiger partial charge in [0.1, 0.15) is 18.2 Å². The van der Waals surface area contributed by atoms with Gasteiger partial charge in [-0.05, 0) is 36.5 Å². The van der Waals surface area contributed by atoms with Gasteiger partial charge >= 0.3 is 5.69 Å². The van der Waals surface area contributed by atoms with Crippen LogP contribution in [0.1, 0.15) is 43.0 Å². The number of amides is 1. The number of hydrogen-bond donors (Lipinski definition) is 1. The molecule has 0 unspecified atom stereocenters. The van der Waals surface area contributed by atoms with E-state index in [0.29, 0.717) is 36.7 Å². The van der Waals surface area contributed by atoms with E-state index in [9.17, 15) is 19.6 Å².